The largest absolute Gasteiger partial charge is 0.444 e. The molecule has 0 saturated heterocycles. The van der Waals surface area contributed by atoms with Gasteiger partial charge >= 0.3 is 6.09 Å². The van der Waals surface area contributed by atoms with Crippen molar-refractivity contribution >= 4 is 35.2 Å². The van der Waals surface area contributed by atoms with Crippen LogP contribution < -0.4 is 16.0 Å². The van der Waals surface area contributed by atoms with E-state index in [0.717, 1.165) is 0 Å². The van der Waals surface area contributed by atoms with Crippen molar-refractivity contribution in [2.45, 2.75) is 32.9 Å². The maximum Gasteiger partial charge on any atom is 0.408 e. The minimum Gasteiger partial charge on any atom is -0.444 e. The molecule has 0 spiro atoms. The van der Waals surface area contributed by atoms with Gasteiger partial charge in [-0.1, -0.05) is 35.9 Å². The van der Waals surface area contributed by atoms with Crippen molar-refractivity contribution in [2.24, 2.45) is 0 Å². The average molecular weight is 418 g/mol. The smallest absolute Gasteiger partial charge is 0.408 e. The topological polar surface area (TPSA) is 96.5 Å². The zero-order valence-electron chi connectivity index (χ0n) is 16.5. The van der Waals surface area contributed by atoms with Crippen LogP contribution in [0.5, 0.6) is 0 Å². The first-order valence-corrected chi connectivity index (χ1v) is 9.40. The van der Waals surface area contributed by atoms with Crippen LogP contribution in [0.2, 0.25) is 5.02 Å². The van der Waals surface area contributed by atoms with Crippen molar-refractivity contribution in [1.82, 2.24) is 10.6 Å². The molecule has 2 aromatic rings. The Morgan fingerprint density at radius 1 is 1.00 bits per heavy atom. The van der Waals surface area contributed by atoms with Gasteiger partial charge in [-0.25, -0.2) is 4.79 Å². The van der Waals surface area contributed by atoms with Gasteiger partial charge in [0.05, 0.1) is 0 Å². The molecule has 0 fully saturated rings. The van der Waals surface area contributed by atoms with Gasteiger partial charge in [0.25, 0.3) is 5.91 Å². The molecule has 0 heterocycles. The second-order valence-electron chi connectivity index (χ2n) is 7.25. The van der Waals surface area contributed by atoms with E-state index < -0.39 is 11.7 Å². The second kappa shape index (κ2) is 9.93. The fourth-order valence-electron chi connectivity index (χ4n) is 2.34. The third-order valence-electron chi connectivity index (χ3n) is 3.62. The van der Waals surface area contributed by atoms with Crippen molar-refractivity contribution in [3.8, 4) is 0 Å². The van der Waals surface area contributed by atoms with Crippen LogP contribution in [-0.4, -0.2) is 30.1 Å². The molecule has 8 heteroatoms. The van der Waals surface area contributed by atoms with Crippen molar-refractivity contribution in [3.05, 3.63) is 64.7 Å². The van der Waals surface area contributed by atoms with Crippen molar-refractivity contribution in [3.63, 3.8) is 0 Å². The Kier molecular flexibility index (Phi) is 7.61. The lowest BCUT2D eigenvalue weighted by atomic mass is 10.1. The summed E-state index contributed by atoms with van der Waals surface area (Å²) in [4.78, 5) is 36.0. The molecule has 0 aliphatic carbocycles. The molecule has 0 saturated carbocycles. The summed E-state index contributed by atoms with van der Waals surface area (Å²) in [5.41, 5.74) is 1.07. The van der Waals surface area contributed by atoms with Gasteiger partial charge in [0, 0.05) is 22.8 Å². The Balaban J connectivity index is 1.91. The molecule has 2 rings (SSSR count). The maximum absolute atomic E-state index is 12.4. The van der Waals surface area contributed by atoms with E-state index in [1.807, 2.05) is 0 Å². The molecule has 0 atom stereocenters. The van der Waals surface area contributed by atoms with Crippen LogP contribution in [0.15, 0.2) is 48.5 Å². The molecule has 3 N–H and O–H groups in total. The summed E-state index contributed by atoms with van der Waals surface area (Å²) >= 11 is 5.93. The number of benzene rings is 2. The quantitative estimate of drug-likeness (QED) is 0.667. The Hall–Kier alpha value is -3.06. The number of halogens is 1. The van der Waals surface area contributed by atoms with Gasteiger partial charge in [0.1, 0.15) is 12.1 Å². The number of ether oxygens (including phenoxy) is 1. The average Bonchev–Trinajstić information content (AvgIpc) is 2.64. The number of para-hydroxylation sites is 1. The van der Waals surface area contributed by atoms with E-state index in [2.05, 4.69) is 16.0 Å². The van der Waals surface area contributed by atoms with Crippen molar-refractivity contribution < 1.29 is 19.1 Å². The van der Waals surface area contributed by atoms with E-state index >= 15 is 0 Å². The number of amides is 3. The molecule has 29 heavy (non-hydrogen) atoms. The van der Waals surface area contributed by atoms with Crippen molar-refractivity contribution in [1.29, 1.82) is 0 Å². The van der Waals surface area contributed by atoms with E-state index in [1.54, 1.807) is 69.3 Å². The van der Waals surface area contributed by atoms with E-state index in [4.69, 9.17) is 16.3 Å². The van der Waals surface area contributed by atoms with Crippen LogP contribution >= 0.6 is 11.6 Å². The minimum absolute atomic E-state index is 0.181. The third kappa shape index (κ3) is 7.83. The highest BCUT2D eigenvalue weighted by Crippen LogP contribution is 2.17. The van der Waals surface area contributed by atoms with Crippen LogP contribution in [0.3, 0.4) is 0 Å². The highest BCUT2D eigenvalue weighted by Gasteiger charge is 2.16. The number of hydrogen-bond acceptors (Lipinski definition) is 4. The van der Waals surface area contributed by atoms with E-state index in [0.29, 0.717) is 21.8 Å². The molecular weight excluding hydrogens is 394 g/mol. The molecule has 2 aromatic carbocycles. The lowest BCUT2D eigenvalue weighted by molar-refractivity contribution is -0.120. The van der Waals surface area contributed by atoms with Gasteiger partial charge < -0.3 is 20.7 Å². The summed E-state index contributed by atoms with van der Waals surface area (Å²) in [6, 6.07) is 13.7. The normalized spacial score (nSPS) is 10.8. The van der Waals surface area contributed by atoms with Gasteiger partial charge in [-0.3, -0.25) is 9.59 Å². The Labute approximate surface area is 174 Å². The Morgan fingerprint density at radius 3 is 2.41 bits per heavy atom. The zero-order valence-corrected chi connectivity index (χ0v) is 17.3. The molecule has 7 nitrogen and oxygen atoms in total. The standard InChI is InChI=1S/C21H24ClN3O4/c1-21(2,3)29-20(28)24-13-18(26)23-12-15-7-4-5-10-17(15)25-19(27)14-8-6-9-16(22)11-14/h4-11H,12-13H2,1-3H3,(H,23,26)(H,24,28)(H,25,27). The molecule has 154 valence electrons. The SMILES string of the molecule is CC(C)(C)OC(=O)NCC(=O)NCc1ccccc1NC(=O)c1cccc(Cl)c1. The van der Waals surface area contributed by atoms with Crippen molar-refractivity contribution in [2.75, 3.05) is 11.9 Å². The molecule has 0 radical (unpaired) electrons. The summed E-state index contributed by atoms with van der Waals surface area (Å²) in [6.45, 7) is 5.18. The third-order valence-corrected chi connectivity index (χ3v) is 3.86. The lowest BCUT2D eigenvalue weighted by Gasteiger charge is -2.19. The summed E-state index contributed by atoms with van der Waals surface area (Å²) in [7, 11) is 0. The van der Waals surface area contributed by atoms with Crippen LogP contribution in [-0.2, 0) is 16.1 Å². The van der Waals surface area contributed by atoms with Crippen LogP contribution in [0.4, 0.5) is 10.5 Å². The minimum atomic E-state index is -0.665. The number of anilines is 1. The van der Waals surface area contributed by atoms with E-state index in [9.17, 15) is 14.4 Å². The molecule has 0 bridgehead atoms. The van der Waals surface area contributed by atoms with E-state index in [-0.39, 0.29) is 24.9 Å². The van der Waals surface area contributed by atoms with Gasteiger partial charge in [0.2, 0.25) is 5.91 Å². The number of carbonyl (C=O) groups excluding carboxylic acids is 3. The van der Waals surface area contributed by atoms with Gasteiger partial charge in [-0.2, -0.15) is 0 Å². The van der Waals surface area contributed by atoms with Gasteiger partial charge in [0.15, 0.2) is 0 Å². The lowest BCUT2D eigenvalue weighted by Crippen LogP contribution is -2.39. The highest BCUT2D eigenvalue weighted by molar-refractivity contribution is 6.31. The Morgan fingerprint density at radius 2 is 1.72 bits per heavy atom. The van der Waals surface area contributed by atoms with Gasteiger partial charge in [-0.15, -0.1) is 0 Å². The summed E-state index contributed by atoms with van der Waals surface area (Å²) in [6.07, 6.45) is -0.665. The second-order valence-corrected chi connectivity index (χ2v) is 7.69. The Bertz CT molecular complexity index is 893. The molecule has 0 aromatic heterocycles. The number of alkyl carbamates (subject to hydrolysis) is 1. The summed E-state index contributed by atoms with van der Waals surface area (Å²) < 4.78 is 5.08. The summed E-state index contributed by atoms with van der Waals surface area (Å²) in [5.74, 6) is -0.690. The predicted octanol–water partition coefficient (Wildman–Crippen LogP) is 3.73. The van der Waals surface area contributed by atoms with Crippen LogP contribution in [0.25, 0.3) is 0 Å². The molecule has 0 aliphatic heterocycles. The first-order valence-electron chi connectivity index (χ1n) is 9.02. The monoisotopic (exact) mass is 417 g/mol. The molecule has 0 aliphatic rings. The number of rotatable bonds is 6. The predicted molar refractivity (Wildman–Crippen MR) is 112 cm³/mol. The zero-order chi connectivity index (χ0) is 21.4. The fourth-order valence-corrected chi connectivity index (χ4v) is 2.53. The summed E-state index contributed by atoms with van der Waals surface area (Å²) in [5, 5.41) is 8.37. The fraction of sp³-hybridized carbons (Fsp3) is 0.286. The first kappa shape index (κ1) is 22.2. The molecule has 0 unspecified atom stereocenters. The number of carbonyl (C=O) groups is 3. The highest BCUT2D eigenvalue weighted by atomic mass is 35.5. The van der Waals surface area contributed by atoms with Crippen LogP contribution in [0.1, 0.15) is 36.7 Å². The number of hydrogen-bond donors (Lipinski definition) is 3. The number of nitrogens with one attached hydrogen (secondary N) is 3. The van der Waals surface area contributed by atoms with Gasteiger partial charge in [-0.05, 0) is 50.6 Å². The van der Waals surface area contributed by atoms with Crippen LogP contribution in [0, 0.1) is 0 Å². The molecular formula is C21H24ClN3O4. The molecule has 3 amide bonds. The van der Waals surface area contributed by atoms with E-state index in [1.165, 1.54) is 0 Å². The first-order chi connectivity index (χ1) is 13.6. The maximum atomic E-state index is 12.4.